The number of piperazine rings is 1. The fourth-order valence-corrected chi connectivity index (χ4v) is 4.75. The number of carbonyl (C=O) groups excluding carboxylic acids is 1. The molecule has 1 saturated heterocycles. The zero-order valence-electron chi connectivity index (χ0n) is 15.2. The average Bonchev–Trinajstić information content (AvgIpc) is 3.22. The lowest BCUT2D eigenvalue weighted by atomic mass is 10.2. The number of hydrogen-bond acceptors (Lipinski definition) is 7. The van der Waals surface area contributed by atoms with Gasteiger partial charge in [0.2, 0.25) is 10.0 Å². The highest BCUT2D eigenvalue weighted by atomic mass is 32.2. The van der Waals surface area contributed by atoms with Crippen LogP contribution >= 0.6 is 11.3 Å². The molecule has 0 bridgehead atoms. The van der Waals surface area contributed by atoms with Gasteiger partial charge in [-0.3, -0.25) is 4.79 Å². The van der Waals surface area contributed by atoms with Gasteiger partial charge in [-0.05, 0) is 36.7 Å². The highest BCUT2D eigenvalue weighted by Gasteiger charge is 2.25. The van der Waals surface area contributed by atoms with Gasteiger partial charge in [0.15, 0.2) is 0 Å². The summed E-state index contributed by atoms with van der Waals surface area (Å²) in [6, 6.07) is 8.13. The molecule has 0 unspecified atom stereocenters. The number of thiophene rings is 1. The molecule has 0 saturated carbocycles. The summed E-state index contributed by atoms with van der Waals surface area (Å²) in [5.74, 6) is 0.719. The third kappa shape index (κ3) is 3.46. The van der Waals surface area contributed by atoms with Crippen LogP contribution in [0.25, 0.3) is 10.2 Å². The van der Waals surface area contributed by atoms with Crippen LogP contribution in [0.1, 0.15) is 10.4 Å². The number of sulfonamides is 1. The Morgan fingerprint density at radius 1 is 1.14 bits per heavy atom. The second kappa shape index (κ2) is 7.46. The molecule has 1 N–H and O–H groups in total. The van der Waals surface area contributed by atoms with Crippen molar-refractivity contribution in [1.29, 1.82) is 0 Å². The van der Waals surface area contributed by atoms with Crippen LogP contribution in [-0.4, -0.2) is 62.4 Å². The van der Waals surface area contributed by atoms with E-state index in [-0.39, 0.29) is 10.8 Å². The first kappa shape index (κ1) is 18.8. The largest absolute Gasteiger partial charge is 0.352 e. The topological polar surface area (TPSA) is 95.5 Å². The summed E-state index contributed by atoms with van der Waals surface area (Å²) in [6.45, 7) is 2.39. The Bertz CT molecular complexity index is 1120. The quantitative estimate of drug-likeness (QED) is 0.692. The molecular formula is C18H19N5O3S2. The van der Waals surface area contributed by atoms with Gasteiger partial charge in [0.25, 0.3) is 5.91 Å². The van der Waals surface area contributed by atoms with Gasteiger partial charge < -0.3 is 9.80 Å². The van der Waals surface area contributed by atoms with Crippen molar-refractivity contribution < 1.29 is 13.2 Å². The third-order valence-electron chi connectivity index (χ3n) is 4.77. The van der Waals surface area contributed by atoms with Crippen LogP contribution in [0, 0.1) is 0 Å². The van der Waals surface area contributed by atoms with E-state index in [1.165, 1.54) is 19.2 Å². The van der Waals surface area contributed by atoms with Crippen LogP contribution < -0.4 is 9.62 Å². The normalized spacial score (nSPS) is 15.2. The molecule has 10 heteroatoms. The molecule has 1 aliphatic heterocycles. The molecule has 2 aromatic heterocycles. The number of carbonyl (C=O) groups is 1. The van der Waals surface area contributed by atoms with Gasteiger partial charge in [-0.1, -0.05) is 6.07 Å². The molecule has 0 aliphatic carbocycles. The van der Waals surface area contributed by atoms with Gasteiger partial charge >= 0.3 is 0 Å². The van der Waals surface area contributed by atoms with E-state index in [4.69, 9.17) is 0 Å². The van der Waals surface area contributed by atoms with Crippen molar-refractivity contribution in [2.75, 3.05) is 38.1 Å². The summed E-state index contributed by atoms with van der Waals surface area (Å²) in [6.07, 6.45) is 1.57. The summed E-state index contributed by atoms with van der Waals surface area (Å²) in [4.78, 5) is 26.5. The number of nitrogens with zero attached hydrogens (tertiary/aromatic N) is 4. The average molecular weight is 418 g/mol. The number of anilines is 1. The van der Waals surface area contributed by atoms with Crippen molar-refractivity contribution >= 4 is 43.3 Å². The maximum atomic E-state index is 12.8. The van der Waals surface area contributed by atoms with Crippen molar-refractivity contribution in [2.24, 2.45) is 0 Å². The molecule has 0 radical (unpaired) electrons. The zero-order chi connectivity index (χ0) is 19.7. The van der Waals surface area contributed by atoms with Crippen LogP contribution in [0.5, 0.6) is 0 Å². The lowest BCUT2D eigenvalue weighted by Gasteiger charge is -2.35. The zero-order valence-corrected chi connectivity index (χ0v) is 16.8. The van der Waals surface area contributed by atoms with Crippen molar-refractivity contribution in [3.05, 3.63) is 47.6 Å². The molecule has 146 valence electrons. The molecule has 1 aromatic carbocycles. The van der Waals surface area contributed by atoms with Crippen LogP contribution in [0.3, 0.4) is 0 Å². The van der Waals surface area contributed by atoms with E-state index in [1.54, 1.807) is 34.7 Å². The van der Waals surface area contributed by atoms with Crippen molar-refractivity contribution in [2.45, 2.75) is 4.90 Å². The van der Waals surface area contributed by atoms with Gasteiger partial charge in [0.1, 0.15) is 17.0 Å². The molecule has 3 aromatic rings. The highest BCUT2D eigenvalue weighted by Crippen LogP contribution is 2.27. The first-order valence-electron chi connectivity index (χ1n) is 8.75. The van der Waals surface area contributed by atoms with Gasteiger partial charge in [-0.15, -0.1) is 11.3 Å². The Hall–Kier alpha value is -2.56. The maximum Gasteiger partial charge on any atom is 0.254 e. The van der Waals surface area contributed by atoms with E-state index in [2.05, 4.69) is 19.6 Å². The number of aromatic nitrogens is 2. The fraction of sp³-hybridized carbons (Fsp3) is 0.278. The van der Waals surface area contributed by atoms with Crippen LogP contribution in [-0.2, 0) is 10.0 Å². The van der Waals surface area contributed by atoms with E-state index in [0.29, 0.717) is 31.7 Å². The van der Waals surface area contributed by atoms with Crippen molar-refractivity contribution in [1.82, 2.24) is 19.6 Å². The number of hydrogen-bond donors (Lipinski definition) is 1. The standard InChI is InChI=1S/C18H19N5O3S2/c1-19-28(25,26)14-4-2-3-13(11-14)18(24)23-8-6-22(7-9-23)16-15-5-10-27-17(15)21-12-20-16/h2-5,10-12,19H,6-9H2,1H3. The van der Waals surface area contributed by atoms with Crippen LogP contribution in [0.4, 0.5) is 5.82 Å². The molecule has 8 nitrogen and oxygen atoms in total. The fourth-order valence-electron chi connectivity index (χ4n) is 3.25. The number of fused-ring (bicyclic) bond motifs is 1. The van der Waals surface area contributed by atoms with Crippen molar-refractivity contribution in [3.8, 4) is 0 Å². The van der Waals surface area contributed by atoms with Gasteiger partial charge in [-0.25, -0.2) is 23.1 Å². The summed E-state index contributed by atoms with van der Waals surface area (Å²) in [7, 11) is -2.24. The van der Waals surface area contributed by atoms with E-state index < -0.39 is 10.0 Å². The SMILES string of the molecule is CNS(=O)(=O)c1cccc(C(=O)N2CCN(c3ncnc4sccc34)CC2)c1. The predicted octanol–water partition coefficient (Wildman–Crippen LogP) is 1.56. The predicted molar refractivity (Wildman–Crippen MR) is 108 cm³/mol. The minimum absolute atomic E-state index is 0.0836. The Labute approximate surface area is 166 Å². The summed E-state index contributed by atoms with van der Waals surface area (Å²) in [5.41, 5.74) is 0.368. The Morgan fingerprint density at radius 2 is 1.93 bits per heavy atom. The van der Waals surface area contributed by atoms with E-state index in [0.717, 1.165) is 16.0 Å². The molecule has 1 amide bonds. The number of benzene rings is 1. The Morgan fingerprint density at radius 3 is 2.68 bits per heavy atom. The monoisotopic (exact) mass is 417 g/mol. The van der Waals surface area contributed by atoms with E-state index >= 15 is 0 Å². The first-order chi connectivity index (χ1) is 13.5. The molecular weight excluding hydrogens is 398 g/mol. The summed E-state index contributed by atoms with van der Waals surface area (Å²) >= 11 is 1.58. The highest BCUT2D eigenvalue weighted by molar-refractivity contribution is 7.89. The molecule has 3 heterocycles. The summed E-state index contributed by atoms with van der Waals surface area (Å²) in [5, 5.41) is 3.02. The maximum absolute atomic E-state index is 12.8. The molecule has 4 rings (SSSR count). The Balaban J connectivity index is 1.49. The summed E-state index contributed by atoms with van der Waals surface area (Å²) < 4.78 is 26.2. The smallest absolute Gasteiger partial charge is 0.254 e. The second-order valence-electron chi connectivity index (χ2n) is 6.35. The van der Waals surface area contributed by atoms with Crippen LogP contribution in [0.2, 0.25) is 0 Å². The number of rotatable bonds is 4. The molecule has 1 fully saturated rings. The number of amides is 1. The van der Waals surface area contributed by atoms with E-state index in [1.807, 2.05) is 11.4 Å². The van der Waals surface area contributed by atoms with Crippen LogP contribution in [0.15, 0.2) is 46.9 Å². The minimum atomic E-state index is -3.59. The molecule has 1 aliphatic rings. The van der Waals surface area contributed by atoms with E-state index in [9.17, 15) is 13.2 Å². The first-order valence-corrected chi connectivity index (χ1v) is 11.1. The van der Waals surface area contributed by atoms with Crippen molar-refractivity contribution in [3.63, 3.8) is 0 Å². The minimum Gasteiger partial charge on any atom is -0.352 e. The molecule has 0 atom stereocenters. The molecule has 0 spiro atoms. The van der Waals surface area contributed by atoms with Gasteiger partial charge in [0.05, 0.1) is 10.3 Å². The Kier molecular flexibility index (Phi) is 5.00. The lowest BCUT2D eigenvalue weighted by molar-refractivity contribution is 0.0746. The third-order valence-corrected chi connectivity index (χ3v) is 7.00. The number of nitrogens with one attached hydrogen (secondary N) is 1. The van der Waals surface area contributed by atoms with Gasteiger partial charge in [-0.2, -0.15) is 0 Å². The molecule has 28 heavy (non-hydrogen) atoms. The lowest BCUT2D eigenvalue weighted by Crippen LogP contribution is -2.49. The second-order valence-corrected chi connectivity index (χ2v) is 9.13. The van der Waals surface area contributed by atoms with Gasteiger partial charge in [0, 0.05) is 31.7 Å².